The molecule has 0 radical (unpaired) electrons. The second kappa shape index (κ2) is 10.8. The smallest absolute Gasteiger partial charge is 0.335 e. The molecule has 2 aromatic carbocycles. The van der Waals surface area contributed by atoms with E-state index in [9.17, 15) is 15.0 Å². The van der Waals surface area contributed by atoms with Gasteiger partial charge in [0.25, 0.3) is 0 Å². The second-order valence-corrected chi connectivity index (χ2v) is 7.45. The van der Waals surface area contributed by atoms with E-state index in [1.54, 1.807) is 16.8 Å². The van der Waals surface area contributed by atoms with Crippen molar-refractivity contribution in [2.45, 2.75) is 46.3 Å². The van der Waals surface area contributed by atoms with Crippen molar-refractivity contribution in [2.24, 2.45) is 0 Å². The Labute approximate surface area is 188 Å². The average molecular weight is 439 g/mol. The number of aliphatic hydroxyl groups excluding tert-OH is 1. The molecule has 0 amide bonds. The molecular weight excluding hydrogens is 408 g/mol. The number of aliphatic hydroxyl groups is 1. The maximum Gasteiger partial charge on any atom is 0.335 e. The molecule has 0 saturated carbocycles. The summed E-state index contributed by atoms with van der Waals surface area (Å²) in [6, 6.07) is 14.3. The van der Waals surface area contributed by atoms with E-state index in [4.69, 9.17) is 14.6 Å². The van der Waals surface area contributed by atoms with Crippen LogP contribution in [0.1, 0.15) is 44.0 Å². The summed E-state index contributed by atoms with van der Waals surface area (Å²) in [5, 5.41) is 24.6. The highest BCUT2D eigenvalue weighted by atomic mass is 16.5. The number of rotatable bonds is 11. The summed E-state index contributed by atoms with van der Waals surface area (Å²) in [4.78, 5) is 11.6. The maximum atomic E-state index is 11.6. The van der Waals surface area contributed by atoms with Gasteiger partial charge in [-0.1, -0.05) is 26.0 Å². The summed E-state index contributed by atoms with van der Waals surface area (Å²) in [7, 11) is 0. The molecule has 0 fully saturated rings. The van der Waals surface area contributed by atoms with E-state index in [-0.39, 0.29) is 5.56 Å². The van der Waals surface area contributed by atoms with Gasteiger partial charge in [0.15, 0.2) is 0 Å². The van der Waals surface area contributed by atoms with E-state index in [0.717, 1.165) is 23.4 Å². The van der Waals surface area contributed by atoms with Crippen LogP contribution in [0.25, 0.3) is 22.5 Å². The van der Waals surface area contributed by atoms with Crippen molar-refractivity contribution < 1.29 is 24.5 Å². The highest BCUT2D eigenvalue weighted by Crippen LogP contribution is 2.36. The first-order valence-electron chi connectivity index (χ1n) is 11.0. The third-order valence-corrected chi connectivity index (χ3v) is 5.06. The van der Waals surface area contributed by atoms with Crippen molar-refractivity contribution in [2.75, 3.05) is 13.2 Å². The molecule has 2 N–H and O–H groups in total. The fourth-order valence-electron chi connectivity index (χ4n) is 3.39. The number of carboxylic acids is 1. The molecule has 3 rings (SSSR count). The van der Waals surface area contributed by atoms with Crippen LogP contribution < -0.4 is 9.47 Å². The van der Waals surface area contributed by atoms with Crippen LogP contribution in [0.3, 0.4) is 0 Å². The van der Waals surface area contributed by atoms with E-state index in [1.165, 1.54) is 6.07 Å². The molecule has 170 valence electrons. The SMILES string of the molecule is CCCOc1ccc(C(=O)O)cc1-c1cc(-c2ccccc2OCC)n(C[C@H](O)CC)n1. The van der Waals surface area contributed by atoms with Crippen LogP contribution in [0.2, 0.25) is 0 Å². The number of carboxylic acid groups (broad SMARTS) is 1. The first-order chi connectivity index (χ1) is 15.5. The zero-order chi connectivity index (χ0) is 23.1. The standard InChI is InChI=1S/C25H30N2O5/c1-4-13-32-24-12-11-17(25(29)30)14-20(24)21-15-22(27(26-21)16-18(28)5-2)19-9-7-8-10-23(19)31-6-3/h7-12,14-15,18,28H,4-6,13,16H2,1-3H3,(H,29,30)/t18-/m1/s1. The van der Waals surface area contributed by atoms with Crippen molar-refractivity contribution in [1.82, 2.24) is 9.78 Å². The van der Waals surface area contributed by atoms with Gasteiger partial charge >= 0.3 is 5.97 Å². The molecule has 7 heteroatoms. The monoisotopic (exact) mass is 438 g/mol. The lowest BCUT2D eigenvalue weighted by Gasteiger charge is -2.14. The summed E-state index contributed by atoms with van der Waals surface area (Å²) in [5.41, 5.74) is 2.95. The van der Waals surface area contributed by atoms with Gasteiger partial charge in [0, 0.05) is 11.1 Å². The summed E-state index contributed by atoms with van der Waals surface area (Å²) in [6.45, 7) is 7.18. The third-order valence-electron chi connectivity index (χ3n) is 5.06. The van der Waals surface area contributed by atoms with Crippen molar-refractivity contribution in [3.63, 3.8) is 0 Å². The Morgan fingerprint density at radius 2 is 1.78 bits per heavy atom. The van der Waals surface area contributed by atoms with Gasteiger partial charge in [-0.05, 0) is 56.2 Å². The largest absolute Gasteiger partial charge is 0.493 e. The Kier molecular flexibility index (Phi) is 7.89. The molecular formula is C25H30N2O5. The lowest BCUT2D eigenvalue weighted by atomic mass is 10.0. The second-order valence-electron chi connectivity index (χ2n) is 7.45. The van der Waals surface area contributed by atoms with Gasteiger partial charge < -0.3 is 19.7 Å². The van der Waals surface area contributed by atoms with Crippen LogP contribution in [0, 0.1) is 0 Å². The van der Waals surface area contributed by atoms with Crippen molar-refractivity contribution >= 4 is 5.97 Å². The summed E-state index contributed by atoms with van der Waals surface area (Å²) in [6.07, 6.45) is 0.840. The zero-order valence-electron chi connectivity index (χ0n) is 18.7. The minimum atomic E-state index is -1.02. The summed E-state index contributed by atoms with van der Waals surface area (Å²) >= 11 is 0. The van der Waals surface area contributed by atoms with E-state index < -0.39 is 12.1 Å². The highest BCUT2D eigenvalue weighted by Gasteiger charge is 2.20. The molecule has 0 bridgehead atoms. The zero-order valence-corrected chi connectivity index (χ0v) is 18.7. The van der Waals surface area contributed by atoms with Gasteiger partial charge in [-0.25, -0.2) is 4.79 Å². The van der Waals surface area contributed by atoms with Crippen LogP contribution >= 0.6 is 0 Å². The van der Waals surface area contributed by atoms with Crippen molar-refractivity contribution in [3.8, 4) is 34.0 Å². The molecule has 0 spiro atoms. The predicted molar refractivity (Wildman–Crippen MR) is 123 cm³/mol. The fraction of sp³-hybridized carbons (Fsp3) is 0.360. The van der Waals surface area contributed by atoms with Gasteiger partial charge in [-0.2, -0.15) is 5.10 Å². The Hall–Kier alpha value is -3.32. The minimum absolute atomic E-state index is 0.156. The van der Waals surface area contributed by atoms with E-state index in [2.05, 4.69) is 0 Å². The minimum Gasteiger partial charge on any atom is -0.493 e. The first-order valence-corrected chi connectivity index (χ1v) is 11.0. The highest BCUT2D eigenvalue weighted by molar-refractivity contribution is 5.90. The molecule has 0 saturated heterocycles. The Balaban J connectivity index is 2.18. The summed E-state index contributed by atoms with van der Waals surface area (Å²) < 4.78 is 13.4. The van der Waals surface area contributed by atoms with Gasteiger partial charge in [-0.15, -0.1) is 0 Å². The topological polar surface area (TPSA) is 93.8 Å². The van der Waals surface area contributed by atoms with Crippen LogP contribution in [0.4, 0.5) is 0 Å². The van der Waals surface area contributed by atoms with Gasteiger partial charge in [-0.3, -0.25) is 4.68 Å². The molecule has 0 aliphatic heterocycles. The quantitative estimate of drug-likeness (QED) is 0.443. The fourth-order valence-corrected chi connectivity index (χ4v) is 3.39. The maximum absolute atomic E-state index is 11.6. The number of aromatic nitrogens is 2. The molecule has 0 unspecified atom stereocenters. The van der Waals surface area contributed by atoms with Crippen LogP contribution in [-0.4, -0.2) is 45.3 Å². The van der Waals surface area contributed by atoms with Crippen LogP contribution in [-0.2, 0) is 6.54 Å². The molecule has 1 aromatic heterocycles. The number of aromatic carboxylic acids is 1. The van der Waals surface area contributed by atoms with E-state index in [1.807, 2.05) is 51.1 Å². The lowest BCUT2D eigenvalue weighted by molar-refractivity contribution is 0.0697. The molecule has 3 aromatic rings. The van der Waals surface area contributed by atoms with Gasteiger partial charge in [0.1, 0.15) is 11.5 Å². The molecule has 1 atom stereocenters. The van der Waals surface area contributed by atoms with Crippen LogP contribution in [0.15, 0.2) is 48.5 Å². The number of ether oxygens (including phenoxy) is 2. The number of benzene rings is 2. The first kappa shape index (κ1) is 23.3. The molecule has 1 heterocycles. The molecule has 0 aliphatic carbocycles. The Bertz CT molecular complexity index is 1060. The van der Waals surface area contributed by atoms with Crippen molar-refractivity contribution in [1.29, 1.82) is 0 Å². The molecule has 7 nitrogen and oxygen atoms in total. The third kappa shape index (κ3) is 5.29. The number of hydrogen-bond donors (Lipinski definition) is 2. The number of para-hydroxylation sites is 1. The van der Waals surface area contributed by atoms with E-state index in [0.29, 0.717) is 43.2 Å². The van der Waals surface area contributed by atoms with Gasteiger partial charge in [0.05, 0.1) is 42.8 Å². The van der Waals surface area contributed by atoms with Gasteiger partial charge in [0.2, 0.25) is 0 Å². The number of carbonyl (C=O) groups is 1. The predicted octanol–water partition coefficient (Wildman–Crippen LogP) is 4.87. The normalized spacial score (nSPS) is 11.9. The summed E-state index contributed by atoms with van der Waals surface area (Å²) in [5.74, 6) is 0.272. The Morgan fingerprint density at radius 1 is 1.03 bits per heavy atom. The Morgan fingerprint density at radius 3 is 2.47 bits per heavy atom. The van der Waals surface area contributed by atoms with Crippen molar-refractivity contribution in [3.05, 3.63) is 54.1 Å². The van der Waals surface area contributed by atoms with Crippen LogP contribution in [0.5, 0.6) is 11.5 Å². The molecule has 0 aliphatic rings. The lowest BCUT2D eigenvalue weighted by Crippen LogP contribution is -2.16. The molecule has 32 heavy (non-hydrogen) atoms. The number of nitrogens with zero attached hydrogens (tertiary/aromatic N) is 2. The number of hydrogen-bond acceptors (Lipinski definition) is 5. The average Bonchev–Trinajstić information content (AvgIpc) is 3.21. The van der Waals surface area contributed by atoms with E-state index >= 15 is 0 Å².